The van der Waals surface area contributed by atoms with Crippen LogP contribution in [0.25, 0.3) is 0 Å². The summed E-state index contributed by atoms with van der Waals surface area (Å²) in [5.74, 6) is -0.931. The number of alkyl halides is 3. The first kappa shape index (κ1) is 16.8. The zero-order valence-electron chi connectivity index (χ0n) is 11.7. The summed E-state index contributed by atoms with van der Waals surface area (Å²) in [4.78, 5) is 11.9. The van der Waals surface area contributed by atoms with Gasteiger partial charge in [0.05, 0.1) is 11.3 Å². The summed E-state index contributed by atoms with van der Waals surface area (Å²) >= 11 is 0. The first-order valence-corrected chi connectivity index (χ1v) is 5.97. The second-order valence-corrected chi connectivity index (χ2v) is 5.45. The number of halogens is 3. The predicted octanol–water partition coefficient (Wildman–Crippen LogP) is 2.78. The van der Waals surface area contributed by atoms with Crippen molar-refractivity contribution in [1.82, 2.24) is 0 Å². The first-order chi connectivity index (χ1) is 9.46. The lowest BCUT2D eigenvalue weighted by molar-refractivity contribution is -0.137. The Kier molecular flexibility index (Phi) is 4.50. The van der Waals surface area contributed by atoms with Crippen LogP contribution in [0.5, 0.6) is 0 Å². The van der Waals surface area contributed by atoms with Crippen LogP contribution in [0.3, 0.4) is 0 Å². The van der Waals surface area contributed by atoms with Gasteiger partial charge in [0.25, 0.3) is 0 Å². The number of nitrogens with one attached hydrogen (secondary N) is 1. The maximum atomic E-state index is 12.7. The zero-order chi connectivity index (χ0) is 16.4. The molecule has 0 saturated carbocycles. The summed E-state index contributed by atoms with van der Waals surface area (Å²) in [7, 11) is 0. The number of nitrogens with two attached hydrogens (primary N) is 1. The molecule has 0 spiro atoms. The molecular formula is C13H16F3N3O2. The largest absolute Gasteiger partial charge is 0.416 e. The van der Waals surface area contributed by atoms with Gasteiger partial charge in [0.1, 0.15) is 0 Å². The van der Waals surface area contributed by atoms with Crippen molar-refractivity contribution in [2.45, 2.75) is 26.9 Å². The van der Waals surface area contributed by atoms with Crippen LogP contribution in [-0.4, -0.2) is 17.0 Å². The molecule has 1 rings (SSSR count). The van der Waals surface area contributed by atoms with Gasteiger partial charge in [0.15, 0.2) is 5.84 Å². The molecule has 0 atom stereocenters. The molecule has 0 fully saturated rings. The van der Waals surface area contributed by atoms with Crippen molar-refractivity contribution in [3.05, 3.63) is 29.3 Å². The van der Waals surface area contributed by atoms with Gasteiger partial charge in [0.2, 0.25) is 5.91 Å². The highest BCUT2D eigenvalue weighted by molar-refractivity contribution is 6.06. The second-order valence-electron chi connectivity index (χ2n) is 5.45. The van der Waals surface area contributed by atoms with Crippen LogP contribution in [0.2, 0.25) is 0 Å². The van der Waals surface area contributed by atoms with Crippen molar-refractivity contribution < 1.29 is 23.2 Å². The van der Waals surface area contributed by atoms with Crippen molar-refractivity contribution in [2.75, 3.05) is 5.32 Å². The zero-order valence-corrected chi connectivity index (χ0v) is 11.7. The predicted molar refractivity (Wildman–Crippen MR) is 72.0 cm³/mol. The van der Waals surface area contributed by atoms with E-state index >= 15 is 0 Å². The molecule has 1 aromatic carbocycles. The Labute approximate surface area is 119 Å². The number of carbonyl (C=O) groups excluding carboxylic acids is 1. The highest BCUT2D eigenvalue weighted by atomic mass is 19.4. The number of anilines is 1. The van der Waals surface area contributed by atoms with Gasteiger partial charge in [-0.2, -0.15) is 13.2 Å². The molecule has 0 bridgehead atoms. The number of rotatable bonds is 2. The van der Waals surface area contributed by atoms with E-state index in [1.54, 1.807) is 20.8 Å². The van der Waals surface area contributed by atoms with Gasteiger partial charge in [-0.15, -0.1) is 0 Å². The number of hydrogen-bond donors (Lipinski definition) is 3. The van der Waals surface area contributed by atoms with E-state index in [4.69, 9.17) is 10.9 Å². The van der Waals surface area contributed by atoms with Gasteiger partial charge >= 0.3 is 6.18 Å². The quantitative estimate of drug-likeness (QED) is 0.340. The Morgan fingerprint density at radius 1 is 1.29 bits per heavy atom. The maximum absolute atomic E-state index is 12.7. The van der Waals surface area contributed by atoms with Gasteiger partial charge < -0.3 is 16.3 Å². The molecule has 4 N–H and O–H groups in total. The van der Waals surface area contributed by atoms with E-state index in [0.717, 1.165) is 12.1 Å². The molecule has 1 amide bonds. The van der Waals surface area contributed by atoms with Gasteiger partial charge in [-0.25, -0.2) is 0 Å². The van der Waals surface area contributed by atoms with E-state index in [-0.39, 0.29) is 11.3 Å². The minimum absolute atomic E-state index is 0.0400. The van der Waals surface area contributed by atoms with Crippen LogP contribution >= 0.6 is 0 Å². The molecule has 8 heteroatoms. The van der Waals surface area contributed by atoms with Crippen molar-refractivity contribution in [3.8, 4) is 0 Å². The van der Waals surface area contributed by atoms with E-state index in [0.29, 0.717) is 6.07 Å². The van der Waals surface area contributed by atoms with Crippen LogP contribution < -0.4 is 11.1 Å². The Hall–Kier alpha value is -2.25. The molecule has 0 saturated heterocycles. The number of carbonyl (C=O) groups is 1. The Morgan fingerprint density at radius 3 is 2.29 bits per heavy atom. The molecule has 1 aromatic rings. The smallest absolute Gasteiger partial charge is 0.409 e. The third kappa shape index (κ3) is 4.11. The molecular weight excluding hydrogens is 287 g/mol. The van der Waals surface area contributed by atoms with Crippen molar-refractivity contribution in [2.24, 2.45) is 16.3 Å². The lowest BCUT2D eigenvalue weighted by Gasteiger charge is -2.20. The maximum Gasteiger partial charge on any atom is 0.416 e. The van der Waals surface area contributed by atoms with Crippen molar-refractivity contribution in [1.29, 1.82) is 0 Å². The Morgan fingerprint density at radius 2 is 1.86 bits per heavy atom. The summed E-state index contributed by atoms with van der Waals surface area (Å²) in [5, 5.41) is 13.8. The van der Waals surface area contributed by atoms with E-state index in [2.05, 4.69) is 10.5 Å². The van der Waals surface area contributed by atoms with Crippen molar-refractivity contribution in [3.63, 3.8) is 0 Å². The van der Waals surface area contributed by atoms with Crippen molar-refractivity contribution >= 4 is 17.4 Å². The molecule has 0 aliphatic heterocycles. The standard InChI is InChI=1S/C13H16F3N3O2/c1-12(2,3)11(20)18-9-5-4-7(13(14,15)16)6-8(9)10(17)19-21/h4-6,21H,1-3H3,(H2,17,19)(H,18,20). The normalized spacial score (nSPS) is 13.1. The molecule has 0 radical (unpaired) electrons. The average Bonchev–Trinajstić information content (AvgIpc) is 2.35. The molecule has 5 nitrogen and oxygen atoms in total. The van der Waals surface area contributed by atoms with Crippen LogP contribution in [0, 0.1) is 5.41 Å². The Bertz CT molecular complexity index is 575. The van der Waals surface area contributed by atoms with E-state index in [1.807, 2.05) is 0 Å². The molecule has 0 unspecified atom stereocenters. The van der Waals surface area contributed by atoms with Crippen LogP contribution in [-0.2, 0) is 11.0 Å². The summed E-state index contributed by atoms with van der Waals surface area (Å²) in [6, 6.07) is 2.60. The number of amides is 1. The fourth-order valence-electron chi connectivity index (χ4n) is 1.41. The third-order valence-corrected chi connectivity index (χ3v) is 2.66. The fourth-order valence-corrected chi connectivity index (χ4v) is 1.41. The molecule has 0 heterocycles. The number of nitrogens with zero attached hydrogens (tertiary/aromatic N) is 1. The summed E-state index contributed by atoms with van der Waals surface area (Å²) in [6.07, 6.45) is -4.57. The van der Waals surface area contributed by atoms with Gasteiger partial charge in [0, 0.05) is 11.0 Å². The molecule has 0 aromatic heterocycles. The first-order valence-electron chi connectivity index (χ1n) is 5.97. The molecule has 116 valence electrons. The minimum Gasteiger partial charge on any atom is -0.409 e. The van der Waals surface area contributed by atoms with Gasteiger partial charge in [-0.3, -0.25) is 4.79 Å². The highest BCUT2D eigenvalue weighted by Gasteiger charge is 2.32. The molecule has 21 heavy (non-hydrogen) atoms. The summed E-state index contributed by atoms with van der Waals surface area (Å²) in [5.41, 5.74) is 3.50. The molecule has 0 aliphatic rings. The number of hydrogen-bond acceptors (Lipinski definition) is 3. The van der Waals surface area contributed by atoms with Crippen LogP contribution in [0.15, 0.2) is 23.4 Å². The molecule has 0 aliphatic carbocycles. The number of benzene rings is 1. The highest BCUT2D eigenvalue weighted by Crippen LogP contribution is 2.32. The second kappa shape index (κ2) is 5.63. The lowest BCUT2D eigenvalue weighted by atomic mass is 9.95. The Balaban J connectivity index is 3.30. The topological polar surface area (TPSA) is 87.7 Å². The number of amidine groups is 1. The fraction of sp³-hybridized carbons (Fsp3) is 0.385. The minimum atomic E-state index is -4.57. The number of oxime groups is 1. The van der Waals surface area contributed by atoms with E-state index < -0.39 is 28.9 Å². The van der Waals surface area contributed by atoms with Crippen LogP contribution in [0.4, 0.5) is 18.9 Å². The summed E-state index contributed by atoms with van der Waals surface area (Å²) < 4.78 is 38.1. The van der Waals surface area contributed by atoms with E-state index in [1.165, 1.54) is 0 Å². The average molecular weight is 303 g/mol. The lowest BCUT2D eigenvalue weighted by Crippen LogP contribution is -2.29. The third-order valence-electron chi connectivity index (χ3n) is 2.66. The summed E-state index contributed by atoms with van der Waals surface area (Å²) in [6.45, 7) is 4.95. The SMILES string of the molecule is CC(C)(C)C(=O)Nc1ccc(C(F)(F)F)cc1/C(N)=N/O. The van der Waals surface area contributed by atoms with Gasteiger partial charge in [-0.05, 0) is 18.2 Å². The van der Waals surface area contributed by atoms with Crippen LogP contribution in [0.1, 0.15) is 31.9 Å². The van der Waals surface area contributed by atoms with Gasteiger partial charge in [-0.1, -0.05) is 25.9 Å². The monoisotopic (exact) mass is 303 g/mol. The van der Waals surface area contributed by atoms with E-state index in [9.17, 15) is 18.0 Å².